The van der Waals surface area contributed by atoms with E-state index in [-0.39, 0.29) is 24.4 Å². The van der Waals surface area contributed by atoms with Crippen LogP contribution in [-0.4, -0.2) is 59.7 Å². The Labute approximate surface area is 253 Å². The van der Waals surface area contributed by atoms with Crippen LogP contribution >= 0.6 is 11.8 Å². The van der Waals surface area contributed by atoms with Crippen molar-refractivity contribution < 1.29 is 19.4 Å². The van der Waals surface area contributed by atoms with Gasteiger partial charge in [-0.05, 0) is 83.8 Å². The van der Waals surface area contributed by atoms with Gasteiger partial charge in [-0.15, -0.1) is 0 Å². The topological polar surface area (TPSA) is 66.8 Å². The minimum Gasteiger partial charge on any atom is -0.465 e. The number of esters is 1. The second-order valence-corrected chi connectivity index (χ2v) is 12.7. The molecule has 0 saturated heterocycles. The fourth-order valence-corrected chi connectivity index (χ4v) is 6.25. The molecule has 0 aliphatic carbocycles. The van der Waals surface area contributed by atoms with Crippen molar-refractivity contribution in [2.45, 2.75) is 156 Å². The van der Waals surface area contributed by atoms with Gasteiger partial charge >= 0.3 is 5.97 Å². The molecule has 238 valence electrons. The molecule has 5 nitrogen and oxygen atoms in total. The number of aliphatic hydroxyl groups is 1. The van der Waals surface area contributed by atoms with Gasteiger partial charge in [0.1, 0.15) is 0 Å². The van der Waals surface area contributed by atoms with E-state index in [4.69, 9.17) is 4.74 Å². The first-order chi connectivity index (χ1) is 19.5. The van der Waals surface area contributed by atoms with Crippen molar-refractivity contribution in [1.29, 1.82) is 0 Å². The third kappa shape index (κ3) is 23.0. The van der Waals surface area contributed by atoms with E-state index in [9.17, 15) is 14.7 Å². The molecular formula is C34H67NO4S. The van der Waals surface area contributed by atoms with Gasteiger partial charge in [-0.3, -0.25) is 9.59 Å². The van der Waals surface area contributed by atoms with Gasteiger partial charge in [-0.25, -0.2) is 0 Å². The van der Waals surface area contributed by atoms with E-state index in [2.05, 4.69) is 32.6 Å². The summed E-state index contributed by atoms with van der Waals surface area (Å²) in [5.74, 6) is 1.34. The lowest BCUT2D eigenvalue weighted by Gasteiger charge is -2.22. The van der Waals surface area contributed by atoms with Gasteiger partial charge < -0.3 is 14.7 Å². The summed E-state index contributed by atoms with van der Waals surface area (Å²) in [6.45, 7) is 12.8. The third-order valence-corrected chi connectivity index (χ3v) is 9.18. The van der Waals surface area contributed by atoms with Gasteiger partial charge in [-0.2, -0.15) is 0 Å². The van der Waals surface area contributed by atoms with Crippen molar-refractivity contribution in [2.24, 2.45) is 11.8 Å². The lowest BCUT2D eigenvalue weighted by Crippen LogP contribution is -2.27. The predicted molar refractivity (Wildman–Crippen MR) is 174 cm³/mol. The highest BCUT2D eigenvalue weighted by molar-refractivity contribution is 8.13. The van der Waals surface area contributed by atoms with Crippen molar-refractivity contribution in [3.05, 3.63) is 0 Å². The lowest BCUT2D eigenvalue weighted by molar-refractivity contribution is -0.149. The second-order valence-electron chi connectivity index (χ2n) is 11.6. The molecule has 2 unspecified atom stereocenters. The SMILES string of the molecule is CCCCC(CC)C(=O)OCCCCCCCN(CCCCO)CCCCCCCSC(=O)C(CC)CCCC. The average Bonchev–Trinajstić information content (AvgIpc) is 2.96. The summed E-state index contributed by atoms with van der Waals surface area (Å²) >= 11 is 1.57. The molecule has 0 aromatic carbocycles. The number of thioether (sulfide) groups is 1. The quantitative estimate of drug-likeness (QED) is 0.0669. The largest absolute Gasteiger partial charge is 0.465 e. The molecule has 0 bridgehead atoms. The zero-order valence-electron chi connectivity index (χ0n) is 27.1. The van der Waals surface area contributed by atoms with Crippen molar-refractivity contribution >= 4 is 22.8 Å². The highest BCUT2D eigenvalue weighted by Crippen LogP contribution is 2.22. The summed E-state index contributed by atoms with van der Waals surface area (Å²) in [5, 5.41) is 9.59. The van der Waals surface area contributed by atoms with Crippen LogP contribution in [0.25, 0.3) is 0 Å². The van der Waals surface area contributed by atoms with Crippen molar-refractivity contribution in [1.82, 2.24) is 4.90 Å². The Hall–Kier alpha value is -0.590. The van der Waals surface area contributed by atoms with E-state index in [0.717, 1.165) is 96.0 Å². The van der Waals surface area contributed by atoms with Crippen LogP contribution in [0.1, 0.15) is 156 Å². The van der Waals surface area contributed by atoms with E-state index in [1.54, 1.807) is 11.8 Å². The molecule has 1 N–H and O–H groups in total. The Morgan fingerprint density at radius 2 is 1.15 bits per heavy atom. The minimum atomic E-state index is 0.00591. The summed E-state index contributed by atoms with van der Waals surface area (Å²) in [6.07, 6.45) is 22.3. The number of aliphatic hydroxyl groups excluding tert-OH is 1. The maximum atomic E-state index is 12.4. The molecule has 0 fully saturated rings. The zero-order valence-corrected chi connectivity index (χ0v) is 27.9. The molecule has 2 atom stereocenters. The zero-order chi connectivity index (χ0) is 29.7. The number of hydrogen-bond acceptors (Lipinski definition) is 6. The summed E-state index contributed by atoms with van der Waals surface area (Å²) in [6, 6.07) is 0. The molecule has 0 heterocycles. The minimum absolute atomic E-state index is 0.00591. The molecular weight excluding hydrogens is 518 g/mol. The molecule has 0 radical (unpaired) electrons. The summed E-state index contributed by atoms with van der Waals surface area (Å²) < 4.78 is 5.53. The molecule has 0 aliphatic heterocycles. The lowest BCUT2D eigenvalue weighted by atomic mass is 10.00. The van der Waals surface area contributed by atoms with Crippen LogP contribution in [0.2, 0.25) is 0 Å². The van der Waals surface area contributed by atoms with Crippen LogP contribution in [0.4, 0.5) is 0 Å². The Bertz CT molecular complexity index is 530. The van der Waals surface area contributed by atoms with Gasteiger partial charge in [0.25, 0.3) is 0 Å². The monoisotopic (exact) mass is 585 g/mol. The first-order valence-corrected chi connectivity index (χ1v) is 18.2. The van der Waals surface area contributed by atoms with E-state index in [0.29, 0.717) is 11.7 Å². The molecule has 0 saturated carbocycles. The van der Waals surface area contributed by atoms with E-state index >= 15 is 0 Å². The Morgan fingerprint density at radius 3 is 1.70 bits per heavy atom. The van der Waals surface area contributed by atoms with Crippen LogP contribution < -0.4 is 0 Å². The molecule has 40 heavy (non-hydrogen) atoms. The van der Waals surface area contributed by atoms with E-state index < -0.39 is 0 Å². The third-order valence-electron chi connectivity index (χ3n) is 8.07. The standard InChI is InChI=1S/C34H67NO4S/c1-5-9-23-31(7-3)33(37)39-29-21-15-11-13-17-25-35(27-19-20-28-36)26-18-14-12-16-22-30-40-34(38)32(8-4)24-10-6-2/h31-32,36H,5-30H2,1-4H3. The Kier molecular flexibility index (Phi) is 29.4. The highest BCUT2D eigenvalue weighted by atomic mass is 32.2. The van der Waals surface area contributed by atoms with Crippen molar-refractivity contribution in [2.75, 3.05) is 38.6 Å². The number of rotatable bonds is 30. The Morgan fingerprint density at radius 1 is 0.650 bits per heavy atom. The maximum Gasteiger partial charge on any atom is 0.308 e. The normalized spacial score (nSPS) is 13.1. The highest BCUT2D eigenvalue weighted by Gasteiger charge is 2.17. The van der Waals surface area contributed by atoms with Gasteiger partial charge in [0, 0.05) is 18.3 Å². The fraction of sp³-hybridized carbons (Fsp3) is 0.941. The number of unbranched alkanes of at least 4 members (excludes halogenated alkanes) is 11. The predicted octanol–water partition coefficient (Wildman–Crippen LogP) is 9.20. The van der Waals surface area contributed by atoms with Crippen LogP contribution in [0.5, 0.6) is 0 Å². The van der Waals surface area contributed by atoms with Crippen LogP contribution in [0.15, 0.2) is 0 Å². The first-order valence-electron chi connectivity index (χ1n) is 17.2. The van der Waals surface area contributed by atoms with Crippen LogP contribution in [-0.2, 0) is 14.3 Å². The summed E-state index contributed by atoms with van der Waals surface area (Å²) in [7, 11) is 0. The average molecular weight is 586 g/mol. The molecule has 0 aromatic heterocycles. The number of carbonyl (C=O) groups is 2. The van der Waals surface area contributed by atoms with Gasteiger partial charge in [0.15, 0.2) is 5.12 Å². The molecule has 6 heteroatoms. The van der Waals surface area contributed by atoms with E-state index in [1.165, 1.54) is 57.8 Å². The van der Waals surface area contributed by atoms with Gasteiger partial charge in [-0.1, -0.05) is 104 Å². The number of carbonyl (C=O) groups excluding carboxylic acids is 2. The Balaban J connectivity index is 3.93. The molecule has 0 aromatic rings. The van der Waals surface area contributed by atoms with E-state index in [1.807, 2.05) is 0 Å². The molecule has 0 aliphatic rings. The summed E-state index contributed by atoms with van der Waals surface area (Å²) in [5.41, 5.74) is 0. The molecule has 0 spiro atoms. The van der Waals surface area contributed by atoms with Crippen molar-refractivity contribution in [3.63, 3.8) is 0 Å². The fourth-order valence-electron chi connectivity index (χ4n) is 5.18. The first kappa shape index (κ1) is 39.4. The van der Waals surface area contributed by atoms with Crippen LogP contribution in [0, 0.1) is 11.8 Å². The number of hydrogen-bond donors (Lipinski definition) is 1. The smallest absolute Gasteiger partial charge is 0.308 e. The number of ether oxygens (including phenoxy) is 1. The molecule has 0 rings (SSSR count). The van der Waals surface area contributed by atoms with Gasteiger partial charge in [0.05, 0.1) is 12.5 Å². The summed E-state index contributed by atoms with van der Waals surface area (Å²) in [4.78, 5) is 27.2. The second kappa shape index (κ2) is 29.9. The molecule has 0 amide bonds. The van der Waals surface area contributed by atoms with Crippen molar-refractivity contribution in [3.8, 4) is 0 Å². The maximum absolute atomic E-state index is 12.4. The van der Waals surface area contributed by atoms with Gasteiger partial charge in [0.2, 0.25) is 0 Å². The number of nitrogens with zero attached hydrogens (tertiary/aromatic N) is 1. The van der Waals surface area contributed by atoms with Crippen LogP contribution in [0.3, 0.4) is 0 Å².